The van der Waals surface area contributed by atoms with Crippen LogP contribution >= 0.6 is 0 Å². The van der Waals surface area contributed by atoms with Crippen molar-refractivity contribution in [1.29, 1.82) is 0 Å². The minimum Gasteiger partial charge on any atom is -0.497 e. The van der Waals surface area contributed by atoms with Gasteiger partial charge in [0.25, 0.3) is 0 Å². The fraction of sp³-hybridized carbons (Fsp3) is 0.294. The molecule has 2 N–H and O–H groups in total. The van der Waals surface area contributed by atoms with Gasteiger partial charge in [-0.2, -0.15) is 0 Å². The summed E-state index contributed by atoms with van der Waals surface area (Å²) < 4.78 is 16.1. The van der Waals surface area contributed by atoms with Crippen LogP contribution in [0.25, 0.3) is 0 Å². The third-order valence-electron chi connectivity index (χ3n) is 3.32. The minimum atomic E-state index is -0.286. The lowest BCUT2D eigenvalue weighted by Gasteiger charge is -2.17. The predicted molar refractivity (Wildman–Crippen MR) is 83.2 cm³/mol. The first kappa shape index (κ1) is 15.2. The predicted octanol–water partition coefficient (Wildman–Crippen LogP) is 3.15. The van der Waals surface area contributed by atoms with E-state index in [-0.39, 0.29) is 6.04 Å². The van der Waals surface area contributed by atoms with E-state index in [9.17, 15) is 0 Å². The van der Waals surface area contributed by atoms with Crippen LogP contribution in [0.5, 0.6) is 17.2 Å². The van der Waals surface area contributed by atoms with Crippen LogP contribution in [0, 0.1) is 0 Å². The Balaban J connectivity index is 2.31. The standard InChI is InChI=1S/C17H21NO3/c1-4-21-13-7-5-12(6-8-13)17(18)15-11-14(19-2)9-10-16(15)20-3/h5-11,17H,4,18H2,1-3H3. The Bertz CT molecular complexity index is 581. The molecular formula is C17H21NO3. The van der Waals surface area contributed by atoms with Gasteiger partial charge >= 0.3 is 0 Å². The van der Waals surface area contributed by atoms with Crippen molar-refractivity contribution in [2.45, 2.75) is 13.0 Å². The van der Waals surface area contributed by atoms with E-state index >= 15 is 0 Å². The molecule has 0 aliphatic rings. The second-order valence-corrected chi connectivity index (χ2v) is 4.59. The lowest BCUT2D eigenvalue weighted by Crippen LogP contribution is -2.13. The summed E-state index contributed by atoms with van der Waals surface area (Å²) in [5.74, 6) is 2.34. The highest BCUT2D eigenvalue weighted by atomic mass is 16.5. The van der Waals surface area contributed by atoms with E-state index in [1.807, 2.05) is 49.4 Å². The third kappa shape index (κ3) is 3.47. The van der Waals surface area contributed by atoms with Gasteiger partial charge in [-0.3, -0.25) is 0 Å². The molecule has 0 heterocycles. The zero-order chi connectivity index (χ0) is 15.2. The third-order valence-corrected chi connectivity index (χ3v) is 3.32. The van der Waals surface area contributed by atoms with Crippen molar-refractivity contribution in [2.24, 2.45) is 5.73 Å². The first-order chi connectivity index (χ1) is 10.2. The van der Waals surface area contributed by atoms with E-state index in [0.717, 1.165) is 28.4 Å². The summed E-state index contributed by atoms with van der Waals surface area (Å²) in [5.41, 5.74) is 8.24. The van der Waals surface area contributed by atoms with E-state index in [1.54, 1.807) is 14.2 Å². The summed E-state index contributed by atoms with van der Waals surface area (Å²) >= 11 is 0. The summed E-state index contributed by atoms with van der Waals surface area (Å²) in [6, 6.07) is 13.1. The molecule has 0 radical (unpaired) electrons. The smallest absolute Gasteiger partial charge is 0.124 e. The lowest BCUT2D eigenvalue weighted by molar-refractivity contribution is 0.340. The lowest BCUT2D eigenvalue weighted by atomic mass is 9.98. The van der Waals surface area contributed by atoms with Crippen molar-refractivity contribution < 1.29 is 14.2 Å². The fourth-order valence-electron chi connectivity index (χ4n) is 2.20. The van der Waals surface area contributed by atoms with Gasteiger partial charge in [0.2, 0.25) is 0 Å². The van der Waals surface area contributed by atoms with Crippen LogP contribution < -0.4 is 19.9 Å². The fourth-order valence-corrected chi connectivity index (χ4v) is 2.20. The molecule has 2 aromatic carbocycles. The minimum absolute atomic E-state index is 0.286. The average molecular weight is 287 g/mol. The molecule has 1 unspecified atom stereocenters. The van der Waals surface area contributed by atoms with Crippen LogP contribution in [0.1, 0.15) is 24.1 Å². The van der Waals surface area contributed by atoms with Crippen LogP contribution in [0.4, 0.5) is 0 Å². The Labute approximate surface area is 125 Å². The summed E-state index contributed by atoms with van der Waals surface area (Å²) in [7, 11) is 3.27. The molecule has 0 aliphatic heterocycles. The highest BCUT2D eigenvalue weighted by Crippen LogP contribution is 2.32. The van der Waals surface area contributed by atoms with E-state index in [0.29, 0.717) is 6.61 Å². The highest BCUT2D eigenvalue weighted by molar-refractivity contribution is 5.46. The molecule has 112 valence electrons. The molecule has 0 saturated heterocycles. The molecular weight excluding hydrogens is 266 g/mol. The topological polar surface area (TPSA) is 53.7 Å². The number of nitrogens with two attached hydrogens (primary N) is 1. The first-order valence-electron chi connectivity index (χ1n) is 6.89. The van der Waals surface area contributed by atoms with Crippen LogP contribution in [0.3, 0.4) is 0 Å². The SMILES string of the molecule is CCOc1ccc(C(N)c2cc(OC)ccc2OC)cc1. The zero-order valence-corrected chi connectivity index (χ0v) is 12.6. The zero-order valence-electron chi connectivity index (χ0n) is 12.6. The maximum atomic E-state index is 6.36. The summed E-state index contributed by atoms with van der Waals surface area (Å²) in [4.78, 5) is 0. The van der Waals surface area contributed by atoms with Gasteiger partial charge in [0.1, 0.15) is 17.2 Å². The number of rotatable bonds is 6. The number of hydrogen-bond donors (Lipinski definition) is 1. The molecule has 21 heavy (non-hydrogen) atoms. The molecule has 0 spiro atoms. The highest BCUT2D eigenvalue weighted by Gasteiger charge is 2.15. The molecule has 0 saturated carbocycles. The van der Waals surface area contributed by atoms with Crippen molar-refractivity contribution in [2.75, 3.05) is 20.8 Å². The second kappa shape index (κ2) is 6.99. The molecule has 0 bridgehead atoms. The van der Waals surface area contributed by atoms with Crippen molar-refractivity contribution >= 4 is 0 Å². The largest absolute Gasteiger partial charge is 0.497 e. The summed E-state index contributed by atoms with van der Waals surface area (Å²) in [5, 5.41) is 0. The molecule has 2 rings (SSSR count). The van der Waals surface area contributed by atoms with Crippen LogP contribution in [-0.2, 0) is 0 Å². The Morgan fingerprint density at radius 1 is 0.952 bits per heavy atom. The van der Waals surface area contributed by atoms with E-state index in [4.69, 9.17) is 19.9 Å². The quantitative estimate of drug-likeness (QED) is 0.886. The number of benzene rings is 2. The second-order valence-electron chi connectivity index (χ2n) is 4.59. The van der Waals surface area contributed by atoms with Crippen molar-refractivity contribution in [1.82, 2.24) is 0 Å². The van der Waals surface area contributed by atoms with Crippen LogP contribution in [0.2, 0.25) is 0 Å². The van der Waals surface area contributed by atoms with Crippen LogP contribution in [-0.4, -0.2) is 20.8 Å². The maximum Gasteiger partial charge on any atom is 0.124 e. The van der Waals surface area contributed by atoms with E-state index < -0.39 is 0 Å². The first-order valence-corrected chi connectivity index (χ1v) is 6.89. The van der Waals surface area contributed by atoms with Crippen molar-refractivity contribution in [3.8, 4) is 17.2 Å². The van der Waals surface area contributed by atoms with E-state index in [2.05, 4.69) is 0 Å². The van der Waals surface area contributed by atoms with Gasteiger partial charge in [-0.15, -0.1) is 0 Å². The van der Waals surface area contributed by atoms with Gasteiger partial charge in [-0.1, -0.05) is 12.1 Å². The van der Waals surface area contributed by atoms with Gasteiger partial charge in [-0.25, -0.2) is 0 Å². The number of hydrogen-bond acceptors (Lipinski definition) is 4. The van der Waals surface area contributed by atoms with E-state index in [1.165, 1.54) is 0 Å². The average Bonchev–Trinajstić information content (AvgIpc) is 2.54. The monoisotopic (exact) mass is 287 g/mol. The number of methoxy groups -OCH3 is 2. The number of ether oxygens (including phenoxy) is 3. The molecule has 4 heteroatoms. The van der Waals surface area contributed by atoms with Gasteiger partial charge in [-0.05, 0) is 42.8 Å². The molecule has 0 fully saturated rings. The molecule has 0 aromatic heterocycles. The normalized spacial score (nSPS) is 11.8. The van der Waals surface area contributed by atoms with Crippen molar-refractivity contribution in [3.63, 3.8) is 0 Å². The molecule has 0 aliphatic carbocycles. The molecule has 2 aromatic rings. The molecule has 1 atom stereocenters. The molecule has 4 nitrogen and oxygen atoms in total. The van der Waals surface area contributed by atoms with Crippen LogP contribution in [0.15, 0.2) is 42.5 Å². The van der Waals surface area contributed by atoms with Gasteiger partial charge in [0.05, 0.1) is 26.9 Å². The molecule has 0 amide bonds. The summed E-state index contributed by atoms with van der Waals surface area (Å²) in [6.07, 6.45) is 0. The Morgan fingerprint density at radius 2 is 1.62 bits per heavy atom. The Hall–Kier alpha value is -2.20. The Kier molecular flexibility index (Phi) is 5.06. The van der Waals surface area contributed by atoms with Gasteiger partial charge in [0, 0.05) is 5.56 Å². The van der Waals surface area contributed by atoms with Gasteiger partial charge < -0.3 is 19.9 Å². The Morgan fingerprint density at radius 3 is 2.19 bits per heavy atom. The maximum absolute atomic E-state index is 6.36. The summed E-state index contributed by atoms with van der Waals surface area (Å²) in [6.45, 7) is 2.61. The van der Waals surface area contributed by atoms with Gasteiger partial charge in [0.15, 0.2) is 0 Å². The van der Waals surface area contributed by atoms with Crippen molar-refractivity contribution in [3.05, 3.63) is 53.6 Å².